The molecule has 0 aliphatic heterocycles. The predicted octanol–water partition coefficient (Wildman–Crippen LogP) is 4.32. The van der Waals surface area contributed by atoms with Crippen LogP contribution in [0.15, 0.2) is 47.5 Å². The van der Waals surface area contributed by atoms with E-state index < -0.39 is 0 Å². The van der Waals surface area contributed by atoms with Gasteiger partial charge in [-0.2, -0.15) is 0 Å². The van der Waals surface area contributed by atoms with Crippen molar-refractivity contribution in [1.82, 2.24) is 20.6 Å². The van der Waals surface area contributed by atoms with Crippen molar-refractivity contribution in [3.8, 4) is 11.5 Å². The lowest BCUT2D eigenvalue weighted by molar-refractivity contribution is 0.287. The maximum absolute atomic E-state index is 5.72. The number of nitrogens with zero attached hydrogens (tertiary/aromatic N) is 2. The summed E-state index contributed by atoms with van der Waals surface area (Å²) in [6.07, 6.45) is 1.63. The van der Waals surface area contributed by atoms with Crippen molar-refractivity contribution in [3.63, 3.8) is 0 Å². The minimum atomic E-state index is 0. The van der Waals surface area contributed by atoms with Gasteiger partial charge in [0.15, 0.2) is 17.5 Å². The molecule has 1 heterocycles. The van der Waals surface area contributed by atoms with Gasteiger partial charge >= 0.3 is 0 Å². The molecule has 1 aromatic heterocycles. The monoisotopic (exact) mass is 551 g/mol. The zero-order chi connectivity index (χ0) is 21.9. The van der Waals surface area contributed by atoms with Crippen molar-refractivity contribution < 1.29 is 9.47 Å². The summed E-state index contributed by atoms with van der Waals surface area (Å²) in [6, 6.07) is 14.2. The molecule has 3 N–H and O–H groups in total. The number of hydrogen-bond acceptors (Lipinski definition) is 4. The van der Waals surface area contributed by atoms with Crippen molar-refractivity contribution in [2.45, 2.75) is 33.6 Å². The van der Waals surface area contributed by atoms with Crippen LogP contribution in [0.2, 0.25) is 0 Å². The SMILES string of the molecule is CCNC(=NCCc1nc2ccccc2[nH]1)NCCc1ccc(OCC)c(OCC)c1.I. The van der Waals surface area contributed by atoms with Gasteiger partial charge in [-0.15, -0.1) is 24.0 Å². The van der Waals surface area contributed by atoms with Gasteiger partial charge in [-0.1, -0.05) is 18.2 Å². The molecule has 2 aromatic carbocycles. The summed E-state index contributed by atoms with van der Waals surface area (Å²) in [4.78, 5) is 12.7. The molecule has 0 aliphatic carbocycles. The molecule has 7 nitrogen and oxygen atoms in total. The molecule has 0 atom stereocenters. The fourth-order valence-corrected chi connectivity index (χ4v) is 3.32. The third kappa shape index (κ3) is 7.58. The zero-order valence-corrected chi connectivity index (χ0v) is 21.4. The summed E-state index contributed by atoms with van der Waals surface area (Å²) >= 11 is 0. The van der Waals surface area contributed by atoms with E-state index in [0.29, 0.717) is 19.8 Å². The van der Waals surface area contributed by atoms with Crippen molar-refractivity contribution >= 4 is 41.0 Å². The molecule has 0 amide bonds. The smallest absolute Gasteiger partial charge is 0.191 e. The highest BCUT2D eigenvalue weighted by Crippen LogP contribution is 2.28. The van der Waals surface area contributed by atoms with Gasteiger partial charge in [0.2, 0.25) is 0 Å². The van der Waals surface area contributed by atoms with Gasteiger partial charge in [0.25, 0.3) is 0 Å². The molecular formula is C24H34IN5O2. The van der Waals surface area contributed by atoms with Crippen LogP contribution in [-0.4, -0.2) is 48.8 Å². The largest absolute Gasteiger partial charge is 0.490 e. The molecule has 0 radical (unpaired) electrons. The lowest BCUT2D eigenvalue weighted by Crippen LogP contribution is -2.38. The van der Waals surface area contributed by atoms with Crippen LogP contribution in [0.4, 0.5) is 0 Å². The third-order valence-electron chi connectivity index (χ3n) is 4.72. The first-order chi connectivity index (χ1) is 15.2. The first-order valence-electron chi connectivity index (χ1n) is 11.1. The number of hydrogen-bond donors (Lipinski definition) is 3. The second kappa shape index (κ2) is 13.8. The Morgan fingerprint density at radius 2 is 1.75 bits per heavy atom. The third-order valence-corrected chi connectivity index (χ3v) is 4.72. The number of ether oxygens (including phenoxy) is 2. The summed E-state index contributed by atoms with van der Waals surface area (Å²) in [6.45, 7) is 9.51. The number of halogens is 1. The quantitative estimate of drug-likeness (QED) is 0.188. The van der Waals surface area contributed by atoms with Crippen LogP contribution >= 0.6 is 24.0 Å². The first-order valence-corrected chi connectivity index (χ1v) is 11.1. The summed E-state index contributed by atoms with van der Waals surface area (Å²) < 4.78 is 11.4. The van der Waals surface area contributed by atoms with Crippen molar-refractivity contribution in [2.75, 3.05) is 32.8 Å². The summed E-state index contributed by atoms with van der Waals surface area (Å²) in [5, 5.41) is 6.71. The summed E-state index contributed by atoms with van der Waals surface area (Å²) in [5.41, 5.74) is 3.25. The van der Waals surface area contributed by atoms with Crippen molar-refractivity contribution in [2.24, 2.45) is 4.99 Å². The second-order valence-corrected chi connectivity index (χ2v) is 7.04. The molecule has 0 spiro atoms. The highest BCUT2D eigenvalue weighted by Gasteiger charge is 2.07. The summed E-state index contributed by atoms with van der Waals surface area (Å²) in [7, 11) is 0. The van der Waals surface area contributed by atoms with Gasteiger partial charge in [-0.05, 0) is 57.0 Å². The molecule has 32 heavy (non-hydrogen) atoms. The van der Waals surface area contributed by atoms with Crippen LogP contribution in [0.1, 0.15) is 32.2 Å². The van der Waals surface area contributed by atoms with Crippen LogP contribution in [-0.2, 0) is 12.8 Å². The number of benzene rings is 2. The number of aromatic nitrogens is 2. The molecule has 0 fully saturated rings. The maximum atomic E-state index is 5.72. The van der Waals surface area contributed by atoms with Crippen LogP contribution in [0.25, 0.3) is 11.0 Å². The van der Waals surface area contributed by atoms with Crippen molar-refractivity contribution in [3.05, 3.63) is 53.9 Å². The number of rotatable bonds is 11. The Balaban J connectivity index is 0.00000363. The van der Waals surface area contributed by atoms with E-state index in [0.717, 1.165) is 60.2 Å². The Morgan fingerprint density at radius 1 is 0.969 bits per heavy atom. The Labute approximate surface area is 207 Å². The topological polar surface area (TPSA) is 83.6 Å². The minimum Gasteiger partial charge on any atom is -0.490 e. The van der Waals surface area contributed by atoms with E-state index in [1.807, 2.05) is 44.2 Å². The standard InChI is InChI=1S/C24H33N5O2.HI/c1-4-25-24(27-16-14-23-28-19-9-7-8-10-20(19)29-23)26-15-13-18-11-12-21(30-5-2)22(17-18)31-6-3;/h7-12,17H,4-6,13-16H2,1-3H3,(H,28,29)(H2,25,26,27);1H. The van der Waals surface area contributed by atoms with E-state index >= 15 is 0 Å². The zero-order valence-electron chi connectivity index (χ0n) is 19.1. The maximum Gasteiger partial charge on any atom is 0.191 e. The van der Waals surface area contributed by atoms with Gasteiger partial charge in [0.05, 0.1) is 24.2 Å². The van der Waals surface area contributed by atoms with Crippen LogP contribution in [0.5, 0.6) is 11.5 Å². The normalized spacial score (nSPS) is 11.2. The number of fused-ring (bicyclic) bond motifs is 1. The molecule has 0 unspecified atom stereocenters. The molecule has 3 aromatic rings. The number of nitrogens with one attached hydrogen (secondary N) is 3. The molecule has 8 heteroatoms. The molecule has 174 valence electrons. The predicted molar refractivity (Wildman–Crippen MR) is 142 cm³/mol. The highest BCUT2D eigenvalue weighted by atomic mass is 127. The Morgan fingerprint density at radius 3 is 2.50 bits per heavy atom. The molecule has 0 saturated carbocycles. The molecule has 0 saturated heterocycles. The minimum absolute atomic E-state index is 0. The van der Waals surface area contributed by atoms with Gasteiger partial charge in [0, 0.05) is 26.1 Å². The van der Waals surface area contributed by atoms with E-state index in [1.54, 1.807) is 0 Å². The van der Waals surface area contributed by atoms with Crippen LogP contribution in [0.3, 0.4) is 0 Å². The summed E-state index contributed by atoms with van der Waals surface area (Å²) in [5.74, 6) is 3.36. The average Bonchev–Trinajstić information content (AvgIpc) is 3.18. The first kappa shape index (κ1) is 25.8. The number of imidazole rings is 1. The van der Waals surface area contributed by atoms with E-state index in [9.17, 15) is 0 Å². The number of aromatic amines is 1. The fourth-order valence-electron chi connectivity index (χ4n) is 3.32. The fraction of sp³-hybridized carbons (Fsp3) is 0.417. The van der Waals surface area contributed by atoms with E-state index in [4.69, 9.17) is 9.47 Å². The molecule has 3 rings (SSSR count). The van der Waals surface area contributed by atoms with Gasteiger partial charge < -0.3 is 25.1 Å². The Hall–Kier alpha value is -2.49. The van der Waals surface area contributed by atoms with Gasteiger partial charge in [-0.25, -0.2) is 4.98 Å². The number of para-hydroxylation sites is 2. The van der Waals surface area contributed by atoms with E-state index in [-0.39, 0.29) is 24.0 Å². The van der Waals surface area contributed by atoms with E-state index in [1.165, 1.54) is 5.56 Å². The van der Waals surface area contributed by atoms with Crippen molar-refractivity contribution in [1.29, 1.82) is 0 Å². The Kier molecular flexibility index (Phi) is 11.1. The average molecular weight is 551 g/mol. The van der Waals surface area contributed by atoms with E-state index in [2.05, 4.69) is 44.7 Å². The molecular weight excluding hydrogens is 517 g/mol. The second-order valence-electron chi connectivity index (χ2n) is 7.04. The van der Waals surface area contributed by atoms with Crippen LogP contribution < -0.4 is 20.1 Å². The number of guanidine groups is 1. The molecule has 0 aliphatic rings. The van der Waals surface area contributed by atoms with Crippen LogP contribution in [0, 0.1) is 0 Å². The number of aliphatic imine (C=N–C) groups is 1. The lowest BCUT2D eigenvalue weighted by Gasteiger charge is -2.14. The lowest BCUT2D eigenvalue weighted by atomic mass is 10.1. The van der Waals surface area contributed by atoms with Gasteiger partial charge in [-0.3, -0.25) is 4.99 Å². The number of H-pyrrole nitrogens is 1. The Bertz CT molecular complexity index is 956. The molecule has 0 bridgehead atoms. The highest BCUT2D eigenvalue weighted by molar-refractivity contribution is 14.0. The van der Waals surface area contributed by atoms with Gasteiger partial charge in [0.1, 0.15) is 5.82 Å².